The lowest BCUT2D eigenvalue weighted by Gasteiger charge is -2.17. The van der Waals surface area contributed by atoms with E-state index in [1.807, 2.05) is 25.1 Å². The molecule has 0 bridgehead atoms. The molecular weight excluding hydrogens is 498 g/mol. The number of fused-ring (bicyclic) bond motifs is 1. The SMILES string of the molecule is COc1cc(C=Nn2c(-c3cc(C(C)C)c(OC)cc3C)nc3ccccc3c2=O)ccc1O[C@@H](C)C(=O)O. The maximum absolute atomic E-state index is 13.6. The topological polar surface area (TPSA) is 112 Å². The Morgan fingerprint density at radius 2 is 1.72 bits per heavy atom. The molecule has 1 heterocycles. The lowest BCUT2D eigenvalue weighted by Crippen LogP contribution is -2.23. The third-order valence-corrected chi connectivity index (χ3v) is 6.35. The average molecular weight is 530 g/mol. The second-order valence-electron chi connectivity index (χ2n) is 9.39. The van der Waals surface area contributed by atoms with Crippen molar-refractivity contribution in [1.82, 2.24) is 9.66 Å². The molecule has 1 aromatic heterocycles. The van der Waals surface area contributed by atoms with Crippen LogP contribution in [0.4, 0.5) is 0 Å². The number of hydrogen-bond acceptors (Lipinski definition) is 7. The summed E-state index contributed by atoms with van der Waals surface area (Å²) in [6.07, 6.45) is 0.475. The minimum Gasteiger partial charge on any atom is -0.496 e. The van der Waals surface area contributed by atoms with Gasteiger partial charge in [0.25, 0.3) is 5.56 Å². The molecule has 0 aliphatic heterocycles. The summed E-state index contributed by atoms with van der Waals surface area (Å²) in [6, 6.07) is 16.1. The van der Waals surface area contributed by atoms with Crippen molar-refractivity contribution >= 4 is 23.1 Å². The normalized spacial score (nSPS) is 12.2. The molecule has 0 saturated heterocycles. The molecule has 202 valence electrons. The molecule has 4 rings (SSSR count). The van der Waals surface area contributed by atoms with Crippen LogP contribution < -0.4 is 19.8 Å². The van der Waals surface area contributed by atoms with Crippen LogP contribution in [0.25, 0.3) is 22.3 Å². The number of carbonyl (C=O) groups is 1. The number of rotatable bonds is 9. The number of carboxylic acid groups (broad SMARTS) is 1. The summed E-state index contributed by atoms with van der Waals surface area (Å²) in [5, 5.41) is 14.1. The quantitative estimate of drug-likeness (QED) is 0.295. The Morgan fingerprint density at radius 3 is 2.38 bits per heavy atom. The molecule has 0 saturated carbocycles. The smallest absolute Gasteiger partial charge is 0.344 e. The van der Waals surface area contributed by atoms with Crippen molar-refractivity contribution < 1.29 is 24.1 Å². The molecule has 1 atom stereocenters. The maximum Gasteiger partial charge on any atom is 0.344 e. The Balaban J connectivity index is 1.87. The molecule has 0 aliphatic rings. The largest absolute Gasteiger partial charge is 0.496 e. The molecule has 3 aromatic carbocycles. The van der Waals surface area contributed by atoms with E-state index in [1.165, 1.54) is 24.9 Å². The maximum atomic E-state index is 13.6. The molecule has 0 radical (unpaired) electrons. The Hall–Kier alpha value is -4.66. The third-order valence-electron chi connectivity index (χ3n) is 6.35. The molecule has 0 fully saturated rings. The highest BCUT2D eigenvalue weighted by molar-refractivity contribution is 5.83. The van der Waals surface area contributed by atoms with E-state index >= 15 is 0 Å². The van der Waals surface area contributed by atoms with Crippen molar-refractivity contribution in [3.8, 4) is 28.6 Å². The van der Waals surface area contributed by atoms with Gasteiger partial charge in [-0.3, -0.25) is 4.79 Å². The Morgan fingerprint density at radius 1 is 1.00 bits per heavy atom. The molecule has 0 unspecified atom stereocenters. The fraction of sp³-hybridized carbons (Fsp3) is 0.267. The first-order valence-electron chi connectivity index (χ1n) is 12.5. The summed E-state index contributed by atoms with van der Waals surface area (Å²) in [4.78, 5) is 29.7. The fourth-order valence-corrected chi connectivity index (χ4v) is 4.20. The van der Waals surface area contributed by atoms with Gasteiger partial charge in [-0.1, -0.05) is 26.0 Å². The van der Waals surface area contributed by atoms with Gasteiger partial charge in [0.15, 0.2) is 23.4 Å². The minimum atomic E-state index is -1.09. The second kappa shape index (κ2) is 11.4. The predicted molar refractivity (Wildman–Crippen MR) is 151 cm³/mol. The van der Waals surface area contributed by atoms with E-state index in [-0.39, 0.29) is 17.2 Å². The van der Waals surface area contributed by atoms with Crippen molar-refractivity contribution in [3.05, 3.63) is 81.6 Å². The van der Waals surface area contributed by atoms with E-state index in [2.05, 4.69) is 18.9 Å². The van der Waals surface area contributed by atoms with Crippen LogP contribution in [-0.4, -0.2) is 47.3 Å². The van der Waals surface area contributed by atoms with E-state index in [0.29, 0.717) is 28.0 Å². The van der Waals surface area contributed by atoms with E-state index < -0.39 is 12.1 Å². The van der Waals surface area contributed by atoms with Crippen LogP contribution in [0.3, 0.4) is 0 Å². The summed E-state index contributed by atoms with van der Waals surface area (Å²) in [6.45, 7) is 7.53. The highest BCUT2D eigenvalue weighted by Gasteiger charge is 2.19. The molecular formula is C30H31N3O6. The predicted octanol–water partition coefficient (Wildman–Crippen LogP) is 5.25. The number of ether oxygens (including phenoxy) is 3. The molecule has 0 aliphatic carbocycles. The molecule has 0 spiro atoms. The van der Waals surface area contributed by atoms with Crippen LogP contribution in [0.1, 0.15) is 43.4 Å². The van der Waals surface area contributed by atoms with Gasteiger partial charge in [-0.05, 0) is 78.9 Å². The van der Waals surface area contributed by atoms with Crippen LogP contribution in [0.15, 0.2) is 64.5 Å². The van der Waals surface area contributed by atoms with Gasteiger partial charge in [0.2, 0.25) is 0 Å². The number of aryl methyl sites for hydroxylation is 1. The van der Waals surface area contributed by atoms with Gasteiger partial charge in [-0.25, -0.2) is 9.78 Å². The van der Waals surface area contributed by atoms with Crippen LogP contribution in [0.5, 0.6) is 17.2 Å². The first kappa shape index (κ1) is 27.4. The zero-order valence-corrected chi connectivity index (χ0v) is 22.8. The number of carboxylic acids is 1. The van der Waals surface area contributed by atoms with E-state index in [9.17, 15) is 9.59 Å². The molecule has 0 amide bonds. The summed E-state index contributed by atoms with van der Waals surface area (Å²) >= 11 is 0. The molecule has 39 heavy (non-hydrogen) atoms. The van der Waals surface area contributed by atoms with Gasteiger partial charge in [-0.2, -0.15) is 9.78 Å². The summed E-state index contributed by atoms with van der Waals surface area (Å²) in [7, 11) is 3.10. The summed E-state index contributed by atoms with van der Waals surface area (Å²) < 4.78 is 17.8. The van der Waals surface area contributed by atoms with Gasteiger partial charge in [0, 0.05) is 5.56 Å². The molecule has 1 N–H and O–H groups in total. The third kappa shape index (κ3) is 5.62. The zero-order chi connectivity index (χ0) is 28.3. The van der Waals surface area contributed by atoms with Crippen molar-refractivity contribution in [2.45, 2.75) is 39.7 Å². The van der Waals surface area contributed by atoms with Gasteiger partial charge in [0.05, 0.1) is 31.3 Å². The number of nitrogens with zero attached hydrogens (tertiary/aromatic N) is 3. The number of hydrogen-bond donors (Lipinski definition) is 1. The van der Waals surface area contributed by atoms with Crippen molar-refractivity contribution in [2.75, 3.05) is 14.2 Å². The van der Waals surface area contributed by atoms with Crippen LogP contribution >= 0.6 is 0 Å². The molecule has 9 heteroatoms. The van der Waals surface area contributed by atoms with Gasteiger partial charge in [-0.15, -0.1) is 0 Å². The number of methoxy groups -OCH3 is 2. The van der Waals surface area contributed by atoms with E-state index in [4.69, 9.17) is 24.3 Å². The van der Waals surface area contributed by atoms with Crippen LogP contribution in [-0.2, 0) is 4.79 Å². The minimum absolute atomic E-state index is 0.181. The standard InChI is InChI=1S/C30H31N3O6/c1-17(2)22-15-23(18(3)13-26(22)37-5)28-32-24-10-8-7-9-21(24)29(34)33(28)31-16-20-11-12-25(27(14-20)38-6)39-19(4)30(35)36/h7-17,19H,1-6H3,(H,35,36)/t19-/m0/s1. The number of aliphatic carboxylic acids is 1. The van der Waals surface area contributed by atoms with Crippen LogP contribution in [0, 0.1) is 6.92 Å². The number of benzene rings is 3. The highest BCUT2D eigenvalue weighted by atomic mass is 16.5. The molecule has 9 nitrogen and oxygen atoms in total. The summed E-state index contributed by atoms with van der Waals surface area (Å²) in [5.74, 6) is 0.886. The second-order valence-corrected chi connectivity index (χ2v) is 9.39. The Kier molecular flexibility index (Phi) is 7.99. The fourth-order valence-electron chi connectivity index (χ4n) is 4.20. The van der Waals surface area contributed by atoms with Crippen molar-refractivity contribution in [3.63, 3.8) is 0 Å². The Bertz CT molecular complexity index is 1620. The number of aromatic nitrogens is 2. The first-order valence-corrected chi connectivity index (χ1v) is 12.5. The van der Waals surface area contributed by atoms with Crippen molar-refractivity contribution in [1.29, 1.82) is 0 Å². The summed E-state index contributed by atoms with van der Waals surface area (Å²) in [5.41, 5.74) is 3.52. The van der Waals surface area contributed by atoms with Gasteiger partial charge in [0.1, 0.15) is 5.75 Å². The number of para-hydroxylation sites is 1. The average Bonchev–Trinajstić information content (AvgIpc) is 2.92. The van der Waals surface area contributed by atoms with Gasteiger partial charge < -0.3 is 19.3 Å². The van der Waals surface area contributed by atoms with E-state index in [0.717, 1.165) is 22.4 Å². The lowest BCUT2D eigenvalue weighted by atomic mass is 9.96. The van der Waals surface area contributed by atoms with Gasteiger partial charge >= 0.3 is 5.97 Å². The highest BCUT2D eigenvalue weighted by Crippen LogP contribution is 2.34. The van der Waals surface area contributed by atoms with Crippen molar-refractivity contribution in [2.24, 2.45) is 5.10 Å². The first-order chi connectivity index (χ1) is 18.6. The Labute approximate surface area is 226 Å². The lowest BCUT2D eigenvalue weighted by molar-refractivity contribution is -0.144. The molecule has 4 aromatic rings. The monoisotopic (exact) mass is 529 g/mol. The van der Waals surface area contributed by atoms with E-state index in [1.54, 1.807) is 43.5 Å². The zero-order valence-electron chi connectivity index (χ0n) is 22.8. The van der Waals surface area contributed by atoms with Crippen LogP contribution in [0.2, 0.25) is 0 Å².